The van der Waals surface area contributed by atoms with Gasteiger partial charge in [-0.3, -0.25) is 0 Å². The lowest BCUT2D eigenvalue weighted by atomic mass is 9.89. The van der Waals surface area contributed by atoms with E-state index in [2.05, 4.69) is 158 Å². The van der Waals surface area contributed by atoms with E-state index in [1.54, 1.807) is 0 Å². The minimum Gasteiger partial charge on any atom is -0.208 e. The molecule has 0 aliphatic carbocycles. The van der Waals surface area contributed by atoms with Crippen LogP contribution in [0.2, 0.25) is 0 Å². The lowest BCUT2D eigenvalue weighted by Crippen LogP contribution is -2.02. The Labute approximate surface area is 309 Å². The van der Waals surface area contributed by atoms with E-state index in [0.717, 1.165) is 33.2 Å². The van der Waals surface area contributed by atoms with Gasteiger partial charge in [-0.15, -0.1) is 11.3 Å². The van der Waals surface area contributed by atoms with Crippen molar-refractivity contribution in [3.05, 3.63) is 176 Å². The van der Waals surface area contributed by atoms with Crippen molar-refractivity contribution in [2.45, 2.75) is 0 Å². The lowest BCUT2D eigenvalue weighted by Gasteiger charge is -2.17. The van der Waals surface area contributed by atoms with Gasteiger partial charge in [0.05, 0.1) is 0 Å². The molecule has 246 valence electrons. The van der Waals surface area contributed by atoms with E-state index in [-0.39, 0.29) is 0 Å². The smallest absolute Gasteiger partial charge is 0.165 e. The molecule has 0 saturated heterocycles. The summed E-state index contributed by atoms with van der Waals surface area (Å²) in [5.74, 6) is 1.96. The van der Waals surface area contributed by atoms with E-state index in [1.165, 1.54) is 57.9 Å². The highest BCUT2D eigenvalue weighted by Gasteiger charge is 2.24. The van der Waals surface area contributed by atoms with Gasteiger partial charge >= 0.3 is 0 Å². The minimum absolute atomic E-state index is 0.647. The van der Waals surface area contributed by atoms with Crippen LogP contribution in [0.4, 0.5) is 0 Å². The van der Waals surface area contributed by atoms with Crippen LogP contribution in [-0.4, -0.2) is 15.0 Å². The summed E-state index contributed by atoms with van der Waals surface area (Å²) < 4.78 is 2.46. The Kier molecular flexibility index (Phi) is 6.73. The summed E-state index contributed by atoms with van der Waals surface area (Å²) in [7, 11) is 0. The first kappa shape index (κ1) is 29.9. The molecule has 0 spiro atoms. The molecule has 3 nitrogen and oxygen atoms in total. The van der Waals surface area contributed by atoms with Crippen molar-refractivity contribution in [2.24, 2.45) is 0 Å². The van der Waals surface area contributed by atoms with Crippen LogP contribution in [0.15, 0.2) is 176 Å². The molecule has 0 amide bonds. The standard InChI is InChI=1S/C49H29N3S/c1-3-15-30(16-4-1)34-21-9-14-26-39(34)48-50-47(31-17-5-2-6-18-31)51-49(52-48)46-44-38-25-13-12-23-36(38)35-22-10-11-24-37(35)40(44)29-43-45(46)41-27-32-19-7-8-20-33(32)28-42(41)53-43/h1-29H. The van der Waals surface area contributed by atoms with Crippen molar-refractivity contribution < 1.29 is 0 Å². The first-order chi connectivity index (χ1) is 26.3. The van der Waals surface area contributed by atoms with Crippen LogP contribution in [-0.2, 0) is 0 Å². The number of hydrogen-bond acceptors (Lipinski definition) is 4. The first-order valence-corrected chi connectivity index (χ1v) is 18.7. The van der Waals surface area contributed by atoms with Crippen LogP contribution in [0.25, 0.3) is 109 Å². The maximum atomic E-state index is 5.50. The Hall–Kier alpha value is -6.75. The maximum absolute atomic E-state index is 5.50. The molecule has 0 unspecified atom stereocenters. The summed E-state index contributed by atoms with van der Waals surface area (Å²) >= 11 is 1.84. The first-order valence-electron chi connectivity index (χ1n) is 17.9. The van der Waals surface area contributed by atoms with Crippen LogP contribution in [0.1, 0.15) is 0 Å². The number of rotatable bonds is 4. The van der Waals surface area contributed by atoms with Gasteiger partial charge in [0.15, 0.2) is 17.5 Å². The van der Waals surface area contributed by atoms with Gasteiger partial charge in [0.25, 0.3) is 0 Å². The van der Waals surface area contributed by atoms with Crippen molar-refractivity contribution >= 4 is 74.6 Å². The normalized spacial score (nSPS) is 11.8. The van der Waals surface area contributed by atoms with Gasteiger partial charge < -0.3 is 0 Å². The summed E-state index contributed by atoms with van der Waals surface area (Å²) in [6.45, 7) is 0. The molecule has 0 bridgehead atoms. The molecule has 4 heteroatoms. The predicted octanol–water partition coefficient (Wildman–Crippen LogP) is 13.5. The Morgan fingerprint density at radius 2 is 0.849 bits per heavy atom. The van der Waals surface area contributed by atoms with Crippen LogP contribution in [0.3, 0.4) is 0 Å². The fourth-order valence-electron chi connectivity index (χ4n) is 8.10. The van der Waals surface area contributed by atoms with Crippen LogP contribution < -0.4 is 0 Å². The molecule has 0 aliphatic heterocycles. The highest BCUT2D eigenvalue weighted by Crippen LogP contribution is 2.49. The average molecular weight is 692 g/mol. The molecule has 11 aromatic rings. The molecular formula is C49H29N3S. The highest BCUT2D eigenvalue weighted by atomic mass is 32.1. The van der Waals surface area contributed by atoms with E-state index in [9.17, 15) is 0 Å². The monoisotopic (exact) mass is 691 g/mol. The molecule has 0 N–H and O–H groups in total. The van der Waals surface area contributed by atoms with Crippen molar-refractivity contribution in [1.29, 1.82) is 0 Å². The zero-order valence-electron chi connectivity index (χ0n) is 28.5. The molecule has 11 rings (SSSR count). The molecule has 0 radical (unpaired) electrons. The SMILES string of the molecule is c1ccc(-c2nc(-c3ccccc3-c3ccccc3)nc(-c3c4c(cc5c6ccccc6c6ccccc6c35)sc3cc5ccccc5cc34)n2)cc1. The van der Waals surface area contributed by atoms with Gasteiger partial charge in [0.1, 0.15) is 0 Å². The number of thiophene rings is 1. The van der Waals surface area contributed by atoms with Gasteiger partial charge in [0, 0.05) is 42.2 Å². The van der Waals surface area contributed by atoms with E-state index in [1.807, 2.05) is 29.5 Å². The zero-order chi connectivity index (χ0) is 34.9. The Morgan fingerprint density at radius 1 is 0.321 bits per heavy atom. The number of hydrogen-bond donors (Lipinski definition) is 0. The van der Waals surface area contributed by atoms with E-state index in [4.69, 9.17) is 15.0 Å². The molecule has 0 fully saturated rings. The van der Waals surface area contributed by atoms with Gasteiger partial charge in [-0.1, -0.05) is 158 Å². The largest absolute Gasteiger partial charge is 0.208 e. The summed E-state index contributed by atoms with van der Waals surface area (Å²) in [6.07, 6.45) is 0. The molecular weight excluding hydrogens is 663 g/mol. The quantitative estimate of drug-likeness (QED) is 0.172. The molecule has 2 heterocycles. The van der Waals surface area contributed by atoms with Gasteiger partial charge in [-0.05, 0) is 67.0 Å². The fraction of sp³-hybridized carbons (Fsp3) is 0. The minimum atomic E-state index is 0.647. The van der Waals surface area contributed by atoms with E-state index < -0.39 is 0 Å². The van der Waals surface area contributed by atoms with Gasteiger partial charge in [0.2, 0.25) is 0 Å². The molecule has 0 atom stereocenters. The topological polar surface area (TPSA) is 38.7 Å². The summed E-state index contributed by atoms with van der Waals surface area (Å²) in [4.78, 5) is 16.2. The molecule has 0 aliphatic rings. The lowest BCUT2D eigenvalue weighted by molar-refractivity contribution is 1.08. The zero-order valence-corrected chi connectivity index (χ0v) is 29.3. The number of benzene rings is 9. The Balaban J connectivity index is 1.35. The van der Waals surface area contributed by atoms with Crippen molar-refractivity contribution in [2.75, 3.05) is 0 Å². The highest BCUT2D eigenvalue weighted by molar-refractivity contribution is 7.26. The van der Waals surface area contributed by atoms with E-state index in [0.29, 0.717) is 17.5 Å². The Morgan fingerprint density at radius 3 is 1.58 bits per heavy atom. The van der Waals surface area contributed by atoms with Crippen LogP contribution in [0.5, 0.6) is 0 Å². The second kappa shape index (κ2) is 11.9. The van der Waals surface area contributed by atoms with Crippen molar-refractivity contribution in [3.63, 3.8) is 0 Å². The maximum Gasteiger partial charge on any atom is 0.165 e. The average Bonchev–Trinajstić information content (AvgIpc) is 3.59. The van der Waals surface area contributed by atoms with Crippen molar-refractivity contribution in [1.82, 2.24) is 15.0 Å². The Bertz CT molecular complexity index is 3220. The summed E-state index contributed by atoms with van der Waals surface area (Å²) in [6, 6.07) is 62.5. The second-order valence-corrected chi connectivity index (χ2v) is 14.6. The summed E-state index contributed by atoms with van der Waals surface area (Å²) in [5.41, 5.74) is 5.15. The fourth-order valence-corrected chi connectivity index (χ4v) is 9.29. The third kappa shape index (κ3) is 4.77. The second-order valence-electron chi connectivity index (χ2n) is 13.5. The molecule has 0 saturated carbocycles. The van der Waals surface area contributed by atoms with E-state index >= 15 is 0 Å². The molecule has 53 heavy (non-hydrogen) atoms. The van der Waals surface area contributed by atoms with Gasteiger partial charge in [-0.25, -0.2) is 15.0 Å². The number of nitrogens with zero attached hydrogens (tertiary/aromatic N) is 3. The third-order valence-electron chi connectivity index (χ3n) is 10.5. The third-order valence-corrected chi connectivity index (χ3v) is 11.6. The van der Waals surface area contributed by atoms with Crippen LogP contribution in [0, 0.1) is 0 Å². The molecule has 9 aromatic carbocycles. The summed E-state index contributed by atoms with van der Waals surface area (Å²) in [5, 5.41) is 12.1. The number of fused-ring (bicyclic) bond motifs is 10. The molecule has 2 aromatic heterocycles. The predicted molar refractivity (Wildman–Crippen MR) is 224 cm³/mol. The number of aromatic nitrogens is 3. The van der Waals surface area contributed by atoms with Gasteiger partial charge in [-0.2, -0.15) is 0 Å². The van der Waals surface area contributed by atoms with Crippen molar-refractivity contribution in [3.8, 4) is 45.3 Å². The van der Waals surface area contributed by atoms with Crippen LogP contribution >= 0.6 is 11.3 Å².